The number of anilines is 1. The Labute approximate surface area is 283 Å². The lowest BCUT2D eigenvalue weighted by Crippen LogP contribution is -2.65. The Balaban J connectivity index is 1.84. The molecule has 0 bridgehead atoms. The molecule has 0 aromatic heterocycles. The number of carbonyl (C=O) groups is 1. The van der Waals surface area contributed by atoms with Gasteiger partial charge >= 0.3 is 0 Å². The molecule has 0 amide bonds. The lowest BCUT2D eigenvalue weighted by molar-refractivity contribution is -0.128. The maximum Gasteiger partial charge on any atom is 0.293 e. The van der Waals surface area contributed by atoms with Crippen molar-refractivity contribution < 1.29 is 35.5 Å². The van der Waals surface area contributed by atoms with Crippen LogP contribution in [0.25, 0.3) is 16.7 Å². The average molecular weight is 713 g/mol. The molecule has 256 valence electrons. The van der Waals surface area contributed by atoms with E-state index in [2.05, 4.69) is 62.7 Å². The van der Waals surface area contributed by atoms with Crippen molar-refractivity contribution in [2.45, 2.75) is 65.2 Å². The van der Waals surface area contributed by atoms with E-state index in [1.807, 2.05) is 24.8 Å². The van der Waals surface area contributed by atoms with Crippen LogP contribution in [0.15, 0.2) is 36.4 Å². The zero-order valence-electron chi connectivity index (χ0n) is 28.3. The molecule has 0 radical (unpaired) electrons. The molecule has 14 heteroatoms. The molecule has 2 aromatic carbocycles. The molecule has 0 spiro atoms. The summed E-state index contributed by atoms with van der Waals surface area (Å²) in [4.78, 5) is 12.6. The van der Waals surface area contributed by atoms with Gasteiger partial charge in [0.1, 0.15) is 26.4 Å². The first-order chi connectivity index (χ1) is 22.1. The van der Waals surface area contributed by atoms with Gasteiger partial charge in [0, 0.05) is 49.7 Å². The molecule has 48 heavy (non-hydrogen) atoms. The standard InChI is InChI=1S/C34H41N3O8S2Si/c1-22-17-33(2,3)36(9-8-11-45-21-38)29-15-31-26(13-24(22)29)28(19-35)27-14-25-23(20-47(42,43)44)18-34(4,5)37(10-12-46(39,40)41)30(25)16-32(27)48(31,6)7/h13-18,21H,8-12,20H2,1-7H3,(H-,39,40,41,42,43,44)/p+1. The van der Waals surface area contributed by atoms with Gasteiger partial charge in [0.25, 0.3) is 26.7 Å². The summed E-state index contributed by atoms with van der Waals surface area (Å²) < 4.78 is 74.9. The Morgan fingerprint density at radius 1 is 0.979 bits per heavy atom. The number of nitriles is 1. The van der Waals surface area contributed by atoms with E-state index in [1.54, 1.807) is 12.1 Å². The number of nitrogens with zero attached hydrogens (tertiary/aromatic N) is 3. The third-order valence-corrected chi connectivity index (χ3v) is 14.6. The van der Waals surface area contributed by atoms with E-state index < -0.39 is 45.4 Å². The molecule has 0 saturated carbocycles. The summed E-state index contributed by atoms with van der Waals surface area (Å²) in [6.07, 6.45) is 4.51. The van der Waals surface area contributed by atoms with Crippen molar-refractivity contribution in [3.8, 4) is 6.07 Å². The maximum absolute atomic E-state index is 12.2. The highest BCUT2D eigenvalue weighted by Gasteiger charge is 2.42. The third-order valence-electron chi connectivity index (χ3n) is 9.73. The summed E-state index contributed by atoms with van der Waals surface area (Å²) in [5.74, 6) is -1.20. The van der Waals surface area contributed by atoms with Crippen molar-refractivity contribution in [2.75, 3.05) is 36.1 Å². The minimum Gasteiger partial charge on any atom is -0.468 e. The van der Waals surface area contributed by atoms with Crippen LogP contribution in [0.2, 0.25) is 13.1 Å². The number of hydrogen-bond acceptors (Lipinski definition) is 8. The molecule has 11 nitrogen and oxygen atoms in total. The Bertz CT molecular complexity index is 2200. The van der Waals surface area contributed by atoms with Gasteiger partial charge in [-0.15, -0.1) is 0 Å². The summed E-state index contributed by atoms with van der Waals surface area (Å²) in [6, 6.07) is 10.5. The van der Waals surface area contributed by atoms with Crippen LogP contribution in [-0.4, -0.2) is 82.8 Å². The number of carbonyl (C=O) groups excluding carboxylic acids is 1. The van der Waals surface area contributed by atoms with Gasteiger partial charge < -0.3 is 9.64 Å². The van der Waals surface area contributed by atoms with E-state index in [-0.39, 0.29) is 12.1 Å². The van der Waals surface area contributed by atoms with Gasteiger partial charge in [0.05, 0.1) is 23.5 Å². The Morgan fingerprint density at radius 2 is 1.67 bits per heavy atom. The lowest BCUT2D eigenvalue weighted by atomic mass is 9.86. The second-order valence-corrected chi connectivity index (χ2v) is 21.7. The highest BCUT2D eigenvalue weighted by molar-refractivity contribution is 7.86. The zero-order chi connectivity index (χ0) is 35.6. The first-order valence-corrected chi connectivity index (χ1v) is 21.9. The predicted octanol–water partition coefficient (Wildman–Crippen LogP) is 1.55. The van der Waals surface area contributed by atoms with Crippen molar-refractivity contribution in [1.29, 1.82) is 5.26 Å². The summed E-state index contributed by atoms with van der Waals surface area (Å²) >= 11 is 0. The van der Waals surface area contributed by atoms with Crippen LogP contribution in [0.1, 0.15) is 57.7 Å². The van der Waals surface area contributed by atoms with Gasteiger partial charge in [-0.3, -0.25) is 13.9 Å². The molecule has 0 fully saturated rings. The molecular weight excluding hydrogens is 671 g/mol. The topological polar surface area (TPSA) is 165 Å². The highest BCUT2D eigenvalue weighted by atomic mass is 32.2. The van der Waals surface area contributed by atoms with Crippen LogP contribution < -0.4 is 30.4 Å². The fourth-order valence-corrected chi connectivity index (χ4v) is 11.7. The summed E-state index contributed by atoms with van der Waals surface area (Å²) in [5.41, 5.74) is 3.36. The molecule has 2 aromatic rings. The van der Waals surface area contributed by atoms with Crippen LogP contribution in [-0.2, 0) is 29.8 Å². The molecule has 3 aliphatic heterocycles. The van der Waals surface area contributed by atoms with E-state index in [9.17, 15) is 36.0 Å². The van der Waals surface area contributed by atoms with E-state index in [1.165, 1.54) is 0 Å². The first kappa shape index (κ1) is 35.7. The zero-order valence-corrected chi connectivity index (χ0v) is 30.9. The predicted molar refractivity (Wildman–Crippen MR) is 190 cm³/mol. The van der Waals surface area contributed by atoms with Crippen LogP contribution in [0.3, 0.4) is 0 Å². The van der Waals surface area contributed by atoms with Crippen LogP contribution in [0, 0.1) is 11.3 Å². The van der Waals surface area contributed by atoms with Gasteiger partial charge in [-0.05, 0) is 77.3 Å². The van der Waals surface area contributed by atoms with E-state index in [0.29, 0.717) is 54.0 Å². The quantitative estimate of drug-likeness (QED) is 0.121. The van der Waals surface area contributed by atoms with Crippen molar-refractivity contribution in [3.05, 3.63) is 63.7 Å². The van der Waals surface area contributed by atoms with E-state index in [0.717, 1.165) is 32.1 Å². The van der Waals surface area contributed by atoms with Gasteiger partial charge in [-0.1, -0.05) is 19.2 Å². The number of rotatable bonds is 10. The Kier molecular flexibility index (Phi) is 8.97. The summed E-state index contributed by atoms with van der Waals surface area (Å²) in [7, 11) is -11.4. The van der Waals surface area contributed by atoms with Crippen molar-refractivity contribution in [3.63, 3.8) is 0 Å². The minimum absolute atomic E-state index is 0.0718. The molecular formula is C34H42N3O8S2Si+. The van der Waals surface area contributed by atoms with Gasteiger partial charge in [0.15, 0.2) is 5.54 Å². The van der Waals surface area contributed by atoms with E-state index >= 15 is 0 Å². The fraction of sp³-hybridized carbons (Fsp3) is 0.441. The van der Waals surface area contributed by atoms with Crippen molar-refractivity contribution >= 4 is 67.6 Å². The molecule has 3 heterocycles. The molecule has 0 unspecified atom stereocenters. The maximum atomic E-state index is 12.2. The normalized spacial score (nSPS) is 18.8. The molecule has 0 atom stereocenters. The SMILES string of the molecule is CC1=CC(C)(C)[N+](CCCOC=O)=c2cc3c(cc21)=C(C#N)c1cc2c(cc1[Si]3(C)C)N(CCS(=O)(=O)O)C(C)(C)C=C2CS(=O)(=O)O. The third kappa shape index (κ3) is 6.54. The smallest absolute Gasteiger partial charge is 0.293 e. The molecule has 5 rings (SSSR count). The lowest BCUT2D eigenvalue weighted by Gasteiger charge is -2.45. The Morgan fingerprint density at radius 3 is 2.27 bits per heavy atom. The number of allylic oxidation sites excluding steroid dienone is 1. The largest absolute Gasteiger partial charge is 0.468 e. The first-order valence-electron chi connectivity index (χ1n) is 15.7. The summed E-state index contributed by atoms with van der Waals surface area (Å²) in [5, 5.41) is 14.5. The molecule has 2 N–H and O–H groups in total. The van der Waals surface area contributed by atoms with Gasteiger partial charge in [-0.25, -0.2) is 4.58 Å². The van der Waals surface area contributed by atoms with Gasteiger partial charge in [-0.2, -0.15) is 22.1 Å². The second-order valence-electron chi connectivity index (χ2n) is 14.4. The average Bonchev–Trinajstić information content (AvgIpc) is 2.94. The number of hydrogen-bond donors (Lipinski definition) is 2. The molecule has 3 aliphatic rings. The Hall–Kier alpha value is -3.61. The van der Waals surface area contributed by atoms with Crippen LogP contribution >= 0.6 is 0 Å². The fourth-order valence-electron chi connectivity index (χ4n) is 7.64. The van der Waals surface area contributed by atoms with Crippen LogP contribution in [0.5, 0.6) is 0 Å². The second kappa shape index (κ2) is 12.1. The highest BCUT2D eigenvalue weighted by Crippen LogP contribution is 2.41. The van der Waals surface area contributed by atoms with Gasteiger partial charge in [0.2, 0.25) is 5.36 Å². The molecule has 0 aliphatic carbocycles. The number of benzene rings is 2. The number of fused-ring (bicyclic) bond motifs is 4. The van der Waals surface area contributed by atoms with Crippen molar-refractivity contribution in [1.82, 2.24) is 4.58 Å². The van der Waals surface area contributed by atoms with Crippen molar-refractivity contribution in [2.24, 2.45) is 0 Å². The van der Waals surface area contributed by atoms with E-state index in [4.69, 9.17) is 4.74 Å². The monoisotopic (exact) mass is 712 g/mol. The number of ether oxygens (including phenoxy) is 1. The summed E-state index contributed by atoms with van der Waals surface area (Å²) in [6.45, 7) is 15.7. The molecule has 0 saturated heterocycles. The minimum atomic E-state index is -4.44. The van der Waals surface area contributed by atoms with Crippen LogP contribution in [0.4, 0.5) is 5.69 Å².